The van der Waals surface area contributed by atoms with Crippen molar-refractivity contribution >= 4 is 12.0 Å². The van der Waals surface area contributed by atoms with Crippen LogP contribution in [0, 0.1) is 11.7 Å². The van der Waals surface area contributed by atoms with E-state index >= 15 is 0 Å². The summed E-state index contributed by atoms with van der Waals surface area (Å²) in [6.07, 6.45) is 9.67. The lowest BCUT2D eigenvalue weighted by Gasteiger charge is -2.20. The summed E-state index contributed by atoms with van der Waals surface area (Å²) in [5.74, 6) is 0.755. The molecule has 0 radical (unpaired) electrons. The van der Waals surface area contributed by atoms with Crippen LogP contribution in [0.15, 0.2) is 48.8 Å². The molecule has 1 saturated carbocycles. The van der Waals surface area contributed by atoms with E-state index in [1.807, 2.05) is 4.90 Å². The van der Waals surface area contributed by atoms with Crippen molar-refractivity contribution in [3.8, 4) is 11.5 Å². The maximum Gasteiger partial charge on any atom is 0.246 e. The van der Waals surface area contributed by atoms with Crippen LogP contribution >= 0.6 is 0 Å². The van der Waals surface area contributed by atoms with Gasteiger partial charge < -0.3 is 9.64 Å². The normalized spacial score (nSPS) is 13.8. The number of hydrogen-bond donors (Lipinski definition) is 0. The highest BCUT2D eigenvalue weighted by Crippen LogP contribution is 2.30. The molecule has 5 heteroatoms. The number of halogens is 1. The van der Waals surface area contributed by atoms with E-state index in [1.165, 1.54) is 31.2 Å². The minimum absolute atomic E-state index is 0.0187. The van der Waals surface area contributed by atoms with E-state index in [1.54, 1.807) is 36.5 Å². The molecule has 1 aliphatic carbocycles. The number of hydrogen-bond acceptors (Lipinski definition) is 3. The molecule has 1 aromatic heterocycles. The molecule has 0 saturated heterocycles. The van der Waals surface area contributed by atoms with Gasteiger partial charge in [-0.05, 0) is 61.1 Å². The van der Waals surface area contributed by atoms with E-state index in [0.29, 0.717) is 17.2 Å². The Kier molecular flexibility index (Phi) is 6.00. The third-order valence-corrected chi connectivity index (χ3v) is 4.22. The van der Waals surface area contributed by atoms with Crippen LogP contribution in [0.5, 0.6) is 11.5 Å². The molecular weight excluding hydrogens is 331 g/mol. The van der Waals surface area contributed by atoms with Gasteiger partial charge in [-0.3, -0.25) is 9.78 Å². The molecule has 0 unspecified atom stereocenters. The highest BCUT2D eigenvalue weighted by atomic mass is 19.1. The summed E-state index contributed by atoms with van der Waals surface area (Å²) in [5.41, 5.74) is 0.622. The van der Waals surface area contributed by atoms with Gasteiger partial charge in [0.15, 0.2) is 11.6 Å². The fourth-order valence-electron chi connectivity index (χ4n) is 2.68. The van der Waals surface area contributed by atoms with E-state index < -0.39 is 5.82 Å². The molecule has 136 valence electrons. The third-order valence-electron chi connectivity index (χ3n) is 4.22. The molecule has 1 heterocycles. The minimum Gasteiger partial charge on any atom is -0.453 e. The second-order valence-corrected chi connectivity index (χ2v) is 6.54. The van der Waals surface area contributed by atoms with Crippen LogP contribution in [0.3, 0.4) is 0 Å². The zero-order valence-corrected chi connectivity index (χ0v) is 14.9. The molecule has 4 nitrogen and oxygen atoms in total. The van der Waals surface area contributed by atoms with Crippen LogP contribution in [-0.2, 0) is 4.79 Å². The SMILES string of the molecule is CCCN(CC1CC1)C(=O)/C=C/c1ccc(Oc2cccnc2)c(F)c1. The Morgan fingerprint density at radius 3 is 2.88 bits per heavy atom. The van der Waals surface area contributed by atoms with Gasteiger partial charge in [-0.1, -0.05) is 13.0 Å². The van der Waals surface area contributed by atoms with Crippen molar-refractivity contribution in [2.45, 2.75) is 26.2 Å². The van der Waals surface area contributed by atoms with Crippen molar-refractivity contribution in [2.75, 3.05) is 13.1 Å². The summed E-state index contributed by atoms with van der Waals surface area (Å²) in [6, 6.07) is 8.07. The number of nitrogens with zero attached hydrogens (tertiary/aromatic N) is 2. The Morgan fingerprint density at radius 1 is 1.38 bits per heavy atom. The average molecular weight is 354 g/mol. The topological polar surface area (TPSA) is 42.4 Å². The van der Waals surface area contributed by atoms with Crippen LogP contribution in [0.1, 0.15) is 31.7 Å². The predicted octanol–water partition coefficient (Wildman–Crippen LogP) is 4.67. The molecule has 1 aromatic carbocycles. The standard InChI is InChI=1S/C21H23FN2O2/c1-2-12-24(15-17-5-6-17)21(25)10-8-16-7-9-20(19(22)13-16)26-18-4-3-11-23-14-18/h3-4,7-11,13-14,17H,2,5-6,12,15H2,1H3/b10-8+. The molecular formula is C21H23FN2O2. The maximum atomic E-state index is 14.2. The van der Waals surface area contributed by atoms with Gasteiger partial charge in [0.25, 0.3) is 0 Å². The fraction of sp³-hybridized carbons (Fsp3) is 0.333. The molecule has 26 heavy (non-hydrogen) atoms. The lowest BCUT2D eigenvalue weighted by Crippen LogP contribution is -2.32. The molecule has 0 bridgehead atoms. The smallest absolute Gasteiger partial charge is 0.246 e. The second-order valence-electron chi connectivity index (χ2n) is 6.54. The summed E-state index contributed by atoms with van der Waals surface area (Å²) >= 11 is 0. The molecule has 0 N–H and O–H groups in total. The monoisotopic (exact) mass is 354 g/mol. The Balaban J connectivity index is 1.64. The molecule has 1 fully saturated rings. The van der Waals surface area contributed by atoms with Gasteiger partial charge in [0.2, 0.25) is 5.91 Å². The van der Waals surface area contributed by atoms with E-state index in [9.17, 15) is 9.18 Å². The number of carbonyl (C=O) groups excluding carboxylic acids is 1. The molecule has 1 amide bonds. The van der Waals surface area contributed by atoms with Gasteiger partial charge in [-0.15, -0.1) is 0 Å². The lowest BCUT2D eigenvalue weighted by atomic mass is 10.2. The van der Waals surface area contributed by atoms with Gasteiger partial charge in [0.05, 0.1) is 6.20 Å². The fourth-order valence-corrected chi connectivity index (χ4v) is 2.68. The highest BCUT2D eigenvalue weighted by Gasteiger charge is 2.25. The zero-order valence-electron chi connectivity index (χ0n) is 14.9. The van der Waals surface area contributed by atoms with Crippen LogP contribution in [0.2, 0.25) is 0 Å². The number of ether oxygens (including phenoxy) is 1. The number of rotatable bonds is 8. The van der Waals surface area contributed by atoms with E-state index in [2.05, 4.69) is 11.9 Å². The highest BCUT2D eigenvalue weighted by molar-refractivity contribution is 5.91. The van der Waals surface area contributed by atoms with Crippen molar-refractivity contribution < 1.29 is 13.9 Å². The molecule has 0 spiro atoms. The number of benzene rings is 1. The number of carbonyl (C=O) groups is 1. The van der Waals surface area contributed by atoms with Crippen molar-refractivity contribution in [3.05, 3.63) is 60.2 Å². The average Bonchev–Trinajstić information content (AvgIpc) is 3.46. The molecule has 3 rings (SSSR count). The minimum atomic E-state index is -0.480. The Morgan fingerprint density at radius 2 is 2.23 bits per heavy atom. The molecule has 1 aliphatic rings. The number of amides is 1. The summed E-state index contributed by atoms with van der Waals surface area (Å²) in [6.45, 7) is 3.64. The predicted molar refractivity (Wildman–Crippen MR) is 99.3 cm³/mol. The van der Waals surface area contributed by atoms with Crippen LogP contribution < -0.4 is 4.74 Å². The first-order chi connectivity index (χ1) is 12.7. The van der Waals surface area contributed by atoms with Gasteiger partial charge >= 0.3 is 0 Å². The van der Waals surface area contributed by atoms with Gasteiger partial charge in [0, 0.05) is 25.4 Å². The first-order valence-electron chi connectivity index (χ1n) is 9.00. The van der Waals surface area contributed by atoms with Crippen molar-refractivity contribution in [3.63, 3.8) is 0 Å². The summed E-state index contributed by atoms with van der Waals surface area (Å²) < 4.78 is 19.7. The van der Waals surface area contributed by atoms with Crippen molar-refractivity contribution in [2.24, 2.45) is 5.92 Å². The first kappa shape index (κ1) is 18.1. The van der Waals surface area contributed by atoms with Crippen LogP contribution in [-0.4, -0.2) is 28.9 Å². The van der Waals surface area contributed by atoms with E-state index in [0.717, 1.165) is 19.5 Å². The zero-order chi connectivity index (χ0) is 18.4. The number of aromatic nitrogens is 1. The lowest BCUT2D eigenvalue weighted by molar-refractivity contribution is -0.126. The van der Waals surface area contributed by atoms with E-state index in [4.69, 9.17) is 4.74 Å². The van der Waals surface area contributed by atoms with Crippen LogP contribution in [0.4, 0.5) is 4.39 Å². The van der Waals surface area contributed by atoms with Crippen LogP contribution in [0.25, 0.3) is 6.08 Å². The van der Waals surface area contributed by atoms with Gasteiger partial charge in [-0.25, -0.2) is 4.39 Å². The van der Waals surface area contributed by atoms with Gasteiger partial charge in [-0.2, -0.15) is 0 Å². The van der Waals surface area contributed by atoms with Crippen molar-refractivity contribution in [1.82, 2.24) is 9.88 Å². The summed E-state index contributed by atoms with van der Waals surface area (Å²) in [4.78, 5) is 18.2. The molecule has 0 atom stereocenters. The maximum absolute atomic E-state index is 14.2. The largest absolute Gasteiger partial charge is 0.453 e. The first-order valence-corrected chi connectivity index (χ1v) is 9.00. The third kappa shape index (κ3) is 5.15. The number of pyridine rings is 1. The Labute approximate surface area is 153 Å². The molecule has 2 aromatic rings. The van der Waals surface area contributed by atoms with Gasteiger partial charge in [0.1, 0.15) is 5.75 Å². The summed E-state index contributed by atoms with van der Waals surface area (Å²) in [5, 5.41) is 0. The second kappa shape index (κ2) is 8.61. The Hall–Kier alpha value is -2.69. The quantitative estimate of drug-likeness (QED) is 0.647. The molecule has 0 aliphatic heterocycles. The van der Waals surface area contributed by atoms with E-state index in [-0.39, 0.29) is 11.7 Å². The Bertz CT molecular complexity index is 773. The summed E-state index contributed by atoms with van der Waals surface area (Å²) in [7, 11) is 0. The van der Waals surface area contributed by atoms with Crippen molar-refractivity contribution in [1.29, 1.82) is 0 Å².